The predicted molar refractivity (Wildman–Crippen MR) is 121 cm³/mol. The van der Waals surface area contributed by atoms with Crippen molar-refractivity contribution < 1.29 is 0 Å². The van der Waals surface area contributed by atoms with Gasteiger partial charge in [-0.15, -0.1) is 0 Å². The Kier molecular flexibility index (Phi) is 6.03. The van der Waals surface area contributed by atoms with E-state index in [2.05, 4.69) is 45.4 Å². The van der Waals surface area contributed by atoms with Gasteiger partial charge in [-0.05, 0) is 60.2 Å². The largest absolute Gasteiger partial charge is 0.361 e. The van der Waals surface area contributed by atoms with Crippen molar-refractivity contribution in [2.24, 2.45) is 5.73 Å². The summed E-state index contributed by atoms with van der Waals surface area (Å²) in [5, 5.41) is 1.75. The number of hydrogen-bond donors (Lipinski definition) is 2. The monoisotopic (exact) mass is 402 g/mol. The van der Waals surface area contributed by atoms with E-state index in [1.54, 1.807) is 12.4 Å². The number of benzene rings is 1. The Labute approximate surface area is 175 Å². The lowest BCUT2D eigenvalue weighted by Gasteiger charge is -2.11. The third-order valence-electron chi connectivity index (χ3n) is 5.05. The van der Waals surface area contributed by atoms with Gasteiger partial charge in [0.15, 0.2) is 0 Å². The molecule has 3 heterocycles. The molecule has 4 nitrogen and oxygen atoms in total. The first-order valence-corrected chi connectivity index (χ1v) is 10.1. The van der Waals surface area contributed by atoms with E-state index in [1.165, 1.54) is 10.9 Å². The van der Waals surface area contributed by atoms with Crippen LogP contribution >= 0.6 is 11.6 Å². The molecule has 0 unspecified atom stereocenters. The molecule has 0 amide bonds. The van der Waals surface area contributed by atoms with Crippen molar-refractivity contribution in [3.63, 3.8) is 0 Å². The maximum atomic E-state index is 6.43. The van der Waals surface area contributed by atoms with Crippen LogP contribution in [-0.2, 0) is 12.8 Å². The highest BCUT2D eigenvalue weighted by molar-refractivity contribution is 6.31. The first-order valence-electron chi connectivity index (χ1n) is 9.72. The summed E-state index contributed by atoms with van der Waals surface area (Å²) in [7, 11) is 0. The molecule has 0 radical (unpaired) electrons. The van der Waals surface area contributed by atoms with Crippen LogP contribution in [0.1, 0.15) is 28.7 Å². The van der Waals surface area contributed by atoms with E-state index in [0.29, 0.717) is 5.15 Å². The molecule has 0 spiro atoms. The predicted octanol–water partition coefficient (Wildman–Crippen LogP) is 5.28. The fourth-order valence-corrected chi connectivity index (χ4v) is 3.63. The van der Waals surface area contributed by atoms with Gasteiger partial charge in [0.1, 0.15) is 5.15 Å². The van der Waals surface area contributed by atoms with Crippen molar-refractivity contribution in [1.29, 1.82) is 0 Å². The number of fused-ring (bicyclic) bond motifs is 1. The fourth-order valence-electron chi connectivity index (χ4n) is 3.46. The third-order valence-corrected chi connectivity index (χ3v) is 5.36. The minimum Gasteiger partial charge on any atom is -0.361 e. The van der Waals surface area contributed by atoms with Gasteiger partial charge >= 0.3 is 0 Å². The molecule has 0 bridgehead atoms. The average Bonchev–Trinajstić information content (AvgIpc) is 3.16. The number of nitrogens with one attached hydrogen (secondary N) is 1. The molecule has 3 aromatic heterocycles. The molecule has 4 rings (SSSR count). The highest BCUT2D eigenvalue weighted by atomic mass is 35.5. The lowest BCUT2D eigenvalue weighted by Crippen LogP contribution is -2.23. The number of nitrogens with two attached hydrogens (primary N) is 1. The first-order chi connectivity index (χ1) is 14.2. The van der Waals surface area contributed by atoms with E-state index in [9.17, 15) is 0 Å². The third kappa shape index (κ3) is 4.91. The van der Waals surface area contributed by atoms with Crippen molar-refractivity contribution in [3.05, 3.63) is 94.7 Å². The Balaban J connectivity index is 1.40. The lowest BCUT2D eigenvalue weighted by molar-refractivity contribution is 0.611. The maximum Gasteiger partial charge on any atom is 0.136 e. The highest BCUT2D eigenvalue weighted by Gasteiger charge is 2.10. The molecule has 0 aliphatic heterocycles. The van der Waals surface area contributed by atoms with Crippen molar-refractivity contribution in [1.82, 2.24) is 15.0 Å². The number of para-hydroxylation sites is 1. The summed E-state index contributed by atoms with van der Waals surface area (Å²) in [6.07, 6.45) is 14.0. The number of halogens is 1. The average molecular weight is 403 g/mol. The topological polar surface area (TPSA) is 67.6 Å². The van der Waals surface area contributed by atoms with E-state index in [-0.39, 0.29) is 6.04 Å². The zero-order valence-electron chi connectivity index (χ0n) is 16.1. The molecule has 4 aromatic rings. The summed E-state index contributed by atoms with van der Waals surface area (Å²) in [5.74, 6) is 0. The minimum atomic E-state index is 0.0840. The Hall–Kier alpha value is -2.95. The summed E-state index contributed by atoms with van der Waals surface area (Å²) >= 11 is 6.27. The van der Waals surface area contributed by atoms with Crippen LogP contribution in [0.3, 0.4) is 0 Å². The summed E-state index contributed by atoms with van der Waals surface area (Å²) in [6.45, 7) is 0. The number of rotatable bonds is 7. The van der Waals surface area contributed by atoms with Crippen molar-refractivity contribution >= 4 is 34.7 Å². The molecule has 0 saturated heterocycles. The lowest BCUT2D eigenvalue weighted by atomic mass is 9.99. The van der Waals surface area contributed by atoms with E-state index in [1.807, 2.05) is 36.5 Å². The fraction of sp³-hybridized carbons (Fsp3) is 0.167. The molecule has 0 saturated carbocycles. The number of hydrogen-bond acceptors (Lipinski definition) is 3. The van der Waals surface area contributed by atoms with Crippen LogP contribution in [0.25, 0.3) is 23.1 Å². The molecule has 29 heavy (non-hydrogen) atoms. The van der Waals surface area contributed by atoms with E-state index in [0.717, 1.165) is 41.5 Å². The SMILES string of the molecule is N[C@H](CCc1cnc(Cl)c(/C=C/c2ccncc2)c1)Cc1c[nH]c2ccccc12. The maximum absolute atomic E-state index is 6.43. The van der Waals surface area contributed by atoms with Gasteiger partial charge in [-0.2, -0.15) is 0 Å². The minimum absolute atomic E-state index is 0.0840. The molecule has 0 aliphatic rings. The van der Waals surface area contributed by atoms with Gasteiger partial charge < -0.3 is 10.7 Å². The molecule has 0 aliphatic carbocycles. The molecular weight excluding hydrogens is 380 g/mol. The number of aromatic nitrogens is 3. The standard InChI is InChI=1S/C24H23ClN4/c25-24-19(7-5-17-9-11-27-12-10-17)13-18(15-29-24)6-8-21(26)14-20-16-28-23-4-2-1-3-22(20)23/h1-5,7,9-13,15-16,21,28H,6,8,14,26H2/b7-5+/t21-/m1/s1. The molecule has 146 valence electrons. The molecular formula is C24H23ClN4. The van der Waals surface area contributed by atoms with Gasteiger partial charge in [-0.3, -0.25) is 4.98 Å². The van der Waals surface area contributed by atoms with Crippen LogP contribution in [0.2, 0.25) is 5.15 Å². The van der Waals surface area contributed by atoms with Crippen molar-refractivity contribution in [3.8, 4) is 0 Å². The van der Waals surface area contributed by atoms with E-state index < -0.39 is 0 Å². The van der Waals surface area contributed by atoms with Crippen molar-refractivity contribution in [2.45, 2.75) is 25.3 Å². The summed E-state index contributed by atoms with van der Waals surface area (Å²) < 4.78 is 0. The molecule has 1 aromatic carbocycles. The number of nitrogens with zero attached hydrogens (tertiary/aromatic N) is 2. The Morgan fingerprint density at radius 3 is 2.79 bits per heavy atom. The van der Waals surface area contributed by atoms with E-state index in [4.69, 9.17) is 17.3 Å². The normalized spacial score (nSPS) is 12.6. The van der Waals surface area contributed by atoms with Crippen LogP contribution in [0, 0.1) is 0 Å². The van der Waals surface area contributed by atoms with Crippen LogP contribution in [0.5, 0.6) is 0 Å². The Morgan fingerprint density at radius 1 is 1.10 bits per heavy atom. The van der Waals surface area contributed by atoms with Crippen LogP contribution in [0.15, 0.2) is 67.3 Å². The van der Waals surface area contributed by atoms with Crippen LogP contribution in [-0.4, -0.2) is 21.0 Å². The molecule has 5 heteroatoms. The quantitative estimate of drug-likeness (QED) is 0.413. The molecule has 1 atom stereocenters. The zero-order chi connectivity index (χ0) is 20.1. The second-order valence-corrected chi connectivity index (χ2v) is 7.56. The smallest absolute Gasteiger partial charge is 0.136 e. The second-order valence-electron chi connectivity index (χ2n) is 7.20. The van der Waals surface area contributed by atoms with Gasteiger partial charge in [-0.1, -0.05) is 42.0 Å². The number of aryl methyl sites for hydroxylation is 1. The van der Waals surface area contributed by atoms with Crippen LogP contribution in [0.4, 0.5) is 0 Å². The second kappa shape index (κ2) is 9.03. The summed E-state index contributed by atoms with van der Waals surface area (Å²) in [5.41, 5.74) is 12.0. The molecule has 0 fully saturated rings. The number of H-pyrrole nitrogens is 1. The van der Waals surface area contributed by atoms with Gasteiger partial charge in [-0.25, -0.2) is 4.98 Å². The zero-order valence-corrected chi connectivity index (χ0v) is 16.8. The van der Waals surface area contributed by atoms with Gasteiger partial charge in [0.25, 0.3) is 0 Å². The molecule has 3 N–H and O–H groups in total. The van der Waals surface area contributed by atoms with Crippen LogP contribution < -0.4 is 5.73 Å². The first kappa shape index (κ1) is 19.4. The van der Waals surface area contributed by atoms with E-state index >= 15 is 0 Å². The number of pyridine rings is 2. The summed E-state index contributed by atoms with van der Waals surface area (Å²) in [4.78, 5) is 11.7. The van der Waals surface area contributed by atoms with Gasteiger partial charge in [0.05, 0.1) is 0 Å². The van der Waals surface area contributed by atoms with Crippen molar-refractivity contribution in [2.75, 3.05) is 0 Å². The summed E-state index contributed by atoms with van der Waals surface area (Å²) in [6, 6.07) is 14.4. The van der Waals surface area contributed by atoms with Gasteiger partial charge in [0.2, 0.25) is 0 Å². The Morgan fingerprint density at radius 2 is 1.93 bits per heavy atom. The number of aromatic amines is 1. The van der Waals surface area contributed by atoms with Gasteiger partial charge in [0, 0.05) is 47.3 Å². The Bertz CT molecular complexity index is 1120. The highest BCUT2D eigenvalue weighted by Crippen LogP contribution is 2.21.